The fourth-order valence-electron chi connectivity index (χ4n) is 3.55. The van der Waals surface area contributed by atoms with Gasteiger partial charge in [-0.05, 0) is 39.8 Å². The van der Waals surface area contributed by atoms with Gasteiger partial charge in [0, 0.05) is 41.1 Å². The van der Waals surface area contributed by atoms with Crippen LogP contribution in [0.5, 0.6) is 0 Å². The Morgan fingerprint density at radius 3 is 2.12 bits per heavy atom. The third-order valence-electron chi connectivity index (χ3n) is 4.84. The first kappa shape index (κ1) is 25.4. The van der Waals surface area contributed by atoms with Gasteiger partial charge < -0.3 is 24.7 Å². The maximum atomic E-state index is 12.9. The molecule has 2 aromatic rings. The monoisotopic (exact) mass is 515 g/mol. The van der Waals surface area contributed by atoms with Crippen LogP contribution in [0, 0.1) is 0 Å². The molecule has 0 saturated heterocycles. The summed E-state index contributed by atoms with van der Waals surface area (Å²) in [7, 11) is -1.30. The number of carbonyl (C=O) groups excluding carboxylic acids is 2. The summed E-state index contributed by atoms with van der Waals surface area (Å²) in [6, 6.07) is 4.99. The van der Waals surface area contributed by atoms with E-state index in [1.54, 1.807) is 18.2 Å². The van der Waals surface area contributed by atoms with Crippen LogP contribution in [0.15, 0.2) is 23.2 Å². The number of hydrogen-bond donors (Lipinski definition) is 2. The SMILES string of the molecule is CC(C)NC(=O)OCc1c(COC(=O)NC(C)C)c2n(c1-c1ccc(Cl)c(Cl)c1)CC[S@]2=O. The molecular weight excluding hydrogens is 489 g/mol. The number of nitrogens with zero attached hydrogens (tertiary/aromatic N) is 1. The van der Waals surface area contributed by atoms with Crippen molar-refractivity contribution in [2.75, 3.05) is 5.75 Å². The highest BCUT2D eigenvalue weighted by atomic mass is 35.5. The van der Waals surface area contributed by atoms with Gasteiger partial charge in [0.2, 0.25) is 0 Å². The number of hydrogen-bond acceptors (Lipinski definition) is 5. The van der Waals surface area contributed by atoms with E-state index in [1.165, 1.54) is 0 Å². The number of alkyl carbamates (subject to hydrolysis) is 2. The molecule has 0 unspecified atom stereocenters. The molecule has 11 heteroatoms. The molecule has 1 atom stereocenters. The molecular formula is C22H27Cl2N3O5S. The molecule has 1 aromatic carbocycles. The maximum Gasteiger partial charge on any atom is 0.407 e. The molecule has 2 N–H and O–H groups in total. The maximum absolute atomic E-state index is 12.9. The van der Waals surface area contributed by atoms with Gasteiger partial charge in [-0.1, -0.05) is 29.3 Å². The number of nitrogens with one attached hydrogen (secondary N) is 2. The van der Waals surface area contributed by atoms with Crippen LogP contribution in [-0.2, 0) is 40.0 Å². The van der Waals surface area contributed by atoms with Gasteiger partial charge in [0.15, 0.2) is 0 Å². The molecule has 0 saturated carbocycles. The second kappa shape index (κ2) is 10.8. The molecule has 3 rings (SSSR count). The van der Waals surface area contributed by atoms with Gasteiger partial charge in [-0.3, -0.25) is 4.21 Å². The summed E-state index contributed by atoms with van der Waals surface area (Å²) in [5, 5.41) is 6.66. The van der Waals surface area contributed by atoms with Crippen LogP contribution in [0.25, 0.3) is 11.3 Å². The van der Waals surface area contributed by atoms with Gasteiger partial charge in [0.1, 0.15) is 18.2 Å². The van der Waals surface area contributed by atoms with E-state index in [0.29, 0.717) is 44.2 Å². The smallest absolute Gasteiger partial charge is 0.407 e. The number of benzene rings is 1. The predicted octanol–water partition coefficient (Wildman–Crippen LogP) is 4.85. The lowest BCUT2D eigenvalue weighted by molar-refractivity contribution is 0.129. The van der Waals surface area contributed by atoms with E-state index < -0.39 is 23.0 Å². The van der Waals surface area contributed by atoms with Crippen LogP contribution in [0.1, 0.15) is 38.8 Å². The van der Waals surface area contributed by atoms with Crippen LogP contribution < -0.4 is 10.6 Å². The summed E-state index contributed by atoms with van der Waals surface area (Å²) in [6.45, 7) is 7.57. The lowest BCUT2D eigenvalue weighted by Crippen LogP contribution is -2.31. The van der Waals surface area contributed by atoms with Gasteiger partial charge in [-0.15, -0.1) is 0 Å². The highest BCUT2D eigenvalue weighted by molar-refractivity contribution is 7.85. The Morgan fingerprint density at radius 1 is 1.00 bits per heavy atom. The number of amides is 2. The number of carbonyl (C=O) groups is 2. The molecule has 33 heavy (non-hydrogen) atoms. The summed E-state index contributed by atoms with van der Waals surface area (Å²) in [4.78, 5) is 24.3. The quantitative estimate of drug-likeness (QED) is 0.548. The van der Waals surface area contributed by atoms with Crippen LogP contribution in [0.4, 0.5) is 9.59 Å². The summed E-state index contributed by atoms with van der Waals surface area (Å²) in [6.07, 6.45) is -1.17. The largest absolute Gasteiger partial charge is 0.445 e. The van der Waals surface area contributed by atoms with Crippen molar-refractivity contribution in [3.05, 3.63) is 39.4 Å². The molecule has 1 aliphatic heterocycles. The first-order chi connectivity index (χ1) is 15.6. The number of aromatic nitrogens is 1. The Bertz CT molecular complexity index is 1080. The third-order valence-corrected chi connectivity index (χ3v) is 7.03. The molecule has 0 fully saturated rings. The number of fused-ring (bicyclic) bond motifs is 1. The van der Waals surface area contributed by atoms with Crippen LogP contribution in [0.3, 0.4) is 0 Å². The topological polar surface area (TPSA) is 98.7 Å². The van der Waals surface area contributed by atoms with E-state index in [2.05, 4.69) is 10.6 Å². The summed E-state index contributed by atoms with van der Waals surface area (Å²) in [5.74, 6) is 0.434. The first-order valence-corrected chi connectivity index (χ1v) is 12.6. The lowest BCUT2D eigenvalue weighted by atomic mass is 10.1. The van der Waals surface area contributed by atoms with Gasteiger partial charge >= 0.3 is 12.2 Å². The van der Waals surface area contributed by atoms with E-state index >= 15 is 0 Å². The second-order valence-corrected chi connectivity index (χ2v) is 10.5. The van der Waals surface area contributed by atoms with E-state index in [-0.39, 0.29) is 25.3 Å². The Hall–Kier alpha value is -2.23. The van der Waals surface area contributed by atoms with Crippen LogP contribution in [-0.4, -0.2) is 38.8 Å². The zero-order chi connectivity index (χ0) is 24.3. The molecule has 8 nitrogen and oxygen atoms in total. The standard InChI is InChI=1S/C22H27Cl2N3O5S/c1-12(2)25-21(28)31-10-15-16(11-32-22(29)26-13(3)4)20-27(7-8-33(20)30)19(15)14-5-6-17(23)18(24)9-14/h5-6,9,12-13H,7-8,10-11H2,1-4H3,(H,25,28)(H,26,29)/t33-/m1/s1. The van der Waals surface area contributed by atoms with Crippen molar-refractivity contribution < 1.29 is 23.3 Å². The van der Waals surface area contributed by atoms with Crippen molar-refractivity contribution in [3.8, 4) is 11.3 Å². The van der Waals surface area contributed by atoms with Gasteiger partial charge in [0.05, 0.1) is 26.5 Å². The van der Waals surface area contributed by atoms with Crippen molar-refractivity contribution in [1.82, 2.24) is 15.2 Å². The van der Waals surface area contributed by atoms with E-state index in [1.807, 2.05) is 32.3 Å². The molecule has 2 heterocycles. The molecule has 2 amide bonds. The summed E-state index contributed by atoms with van der Waals surface area (Å²) < 4.78 is 25.7. The van der Waals surface area contributed by atoms with Crippen molar-refractivity contribution in [2.45, 2.75) is 64.6 Å². The highest BCUT2D eigenvalue weighted by Gasteiger charge is 2.32. The summed E-state index contributed by atoms with van der Waals surface area (Å²) >= 11 is 12.4. The Labute approximate surface area is 205 Å². The summed E-state index contributed by atoms with van der Waals surface area (Å²) in [5.41, 5.74) is 2.59. The molecule has 180 valence electrons. The number of ether oxygens (including phenoxy) is 2. The Morgan fingerprint density at radius 2 is 1.58 bits per heavy atom. The Balaban J connectivity index is 2.05. The van der Waals surface area contributed by atoms with Crippen molar-refractivity contribution in [2.24, 2.45) is 0 Å². The average molecular weight is 516 g/mol. The minimum Gasteiger partial charge on any atom is -0.445 e. The predicted molar refractivity (Wildman–Crippen MR) is 128 cm³/mol. The highest BCUT2D eigenvalue weighted by Crippen LogP contribution is 2.39. The molecule has 0 spiro atoms. The van der Waals surface area contributed by atoms with Crippen molar-refractivity contribution in [3.63, 3.8) is 0 Å². The first-order valence-electron chi connectivity index (χ1n) is 10.5. The second-order valence-electron chi connectivity index (χ2n) is 8.19. The Kier molecular flexibility index (Phi) is 8.31. The zero-order valence-corrected chi connectivity index (χ0v) is 21.2. The molecule has 0 aliphatic carbocycles. The molecule has 0 bridgehead atoms. The lowest BCUT2D eigenvalue weighted by Gasteiger charge is -2.14. The van der Waals surface area contributed by atoms with Crippen LogP contribution in [0.2, 0.25) is 10.0 Å². The molecule has 1 aromatic heterocycles. The van der Waals surface area contributed by atoms with E-state index in [0.717, 1.165) is 5.56 Å². The van der Waals surface area contributed by atoms with E-state index in [9.17, 15) is 13.8 Å². The third kappa shape index (κ3) is 6.02. The average Bonchev–Trinajstić information content (AvgIpc) is 3.23. The van der Waals surface area contributed by atoms with Crippen LogP contribution >= 0.6 is 23.2 Å². The number of halogens is 2. The van der Waals surface area contributed by atoms with Gasteiger partial charge in [-0.25, -0.2) is 9.59 Å². The van der Waals surface area contributed by atoms with E-state index in [4.69, 9.17) is 32.7 Å². The minimum absolute atomic E-state index is 0.0962. The zero-order valence-electron chi connectivity index (χ0n) is 18.9. The van der Waals surface area contributed by atoms with Crippen molar-refractivity contribution >= 4 is 46.2 Å². The fourth-order valence-corrected chi connectivity index (χ4v) is 5.28. The van der Waals surface area contributed by atoms with Gasteiger partial charge in [0.25, 0.3) is 0 Å². The van der Waals surface area contributed by atoms with Gasteiger partial charge in [-0.2, -0.15) is 0 Å². The minimum atomic E-state index is -1.30. The van der Waals surface area contributed by atoms with Crippen molar-refractivity contribution in [1.29, 1.82) is 0 Å². The molecule has 1 aliphatic rings. The molecule has 0 radical (unpaired) electrons. The normalized spacial score (nSPS) is 15.0. The number of rotatable bonds is 7. The fraction of sp³-hybridized carbons (Fsp3) is 0.455.